The van der Waals surface area contributed by atoms with Crippen molar-refractivity contribution in [2.45, 2.75) is 0 Å². The van der Waals surface area contributed by atoms with Gasteiger partial charge in [-0.1, -0.05) is 17.7 Å². The quantitative estimate of drug-likeness (QED) is 0.675. The van der Waals surface area contributed by atoms with Gasteiger partial charge in [-0.05, 0) is 30.3 Å². The summed E-state index contributed by atoms with van der Waals surface area (Å²) in [6.45, 7) is 0. The Hall–Kier alpha value is -2.93. The topological polar surface area (TPSA) is 59.1 Å². The van der Waals surface area contributed by atoms with Crippen LogP contribution in [0.4, 0.5) is 31.8 Å². The van der Waals surface area contributed by atoms with E-state index in [9.17, 15) is 8.78 Å². The summed E-state index contributed by atoms with van der Waals surface area (Å²) in [5.41, 5.74) is 0.309. The average Bonchev–Trinajstić information content (AvgIpc) is 2.59. The zero-order chi connectivity index (χ0) is 17.8. The van der Waals surface area contributed by atoms with Crippen LogP contribution in [-0.4, -0.2) is 17.1 Å². The van der Waals surface area contributed by atoms with Gasteiger partial charge in [0.25, 0.3) is 0 Å². The van der Waals surface area contributed by atoms with Gasteiger partial charge in [-0.2, -0.15) is 0 Å². The Labute approximate surface area is 147 Å². The molecule has 0 amide bonds. The number of anilines is 4. The second kappa shape index (κ2) is 7.31. The molecule has 0 saturated heterocycles. The molecule has 0 aliphatic carbocycles. The number of nitrogens with one attached hydrogen (secondary N) is 2. The lowest BCUT2D eigenvalue weighted by Crippen LogP contribution is -2.02. The average molecular weight is 363 g/mol. The third-order valence-electron chi connectivity index (χ3n) is 3.31. The van der Waals surface area contributed by atoms with Crippen molar-refractivity contribution in [1.82, 2.24) is 9.97 Å². The molecule has 25 heavy (non-hydrogen) atoms. The molecule has 0 spiro atoms. The summed E-state index contributed by atoms with van der Waals surface area (Å²) in [6, 6.07) is 10.2. The fraction of sp³-hybridized carbons (Fsp3) is 0.0588. The fourth-order valence-electron chi connectivity index (χ4n) is 2.16. The second-order valence-electron chi connectivity index (χ2n) is 4.98. The van der Waals surface area contributed by atoms with Gasteiger partial charge in [0.1, 0.15) is 41.0 Å². The summed E-state index contributed by atoms with van der Waals surface area (Å²) >= 11 is 5.99. The molecule has 1 heterocycles. The van der Waals surface area contributed by atoms with Gasteiger partial charge in [0.15, 0.2) is 0 Å². The Morgan fingerprint density at radius 2 is 1.64 bits per heavy atom. The zero-order valence-electron chi connectivity index (χ0n) is 13.1. The van der Waals surface area contributed by atoms with Crippen LogP contribution in [0.2, 0.25) is 5.02 Å². The summed E-state index contributed by atoms with van der Waals surface area (Å²) in [5, 5.41) is 6.16. The number of hydrogen-bond donors (Lipinski definition) is 2. The van der Waals surface area contributed by atoms with Crippen molar-refractivity contribution < 1.29 is 13.5 Å². The minimum absolute atomic E-state index is 0.225. The minimum Gasteiger partial charge on any atom is -0.495 e. The van der Waals surface area contributed by atoms with Crippen molar-refractivity contribution in [2.75, 3.05) is 17.7 Å². The SMILES string of the molecule is COc1ccc(Cl)cc1Nc1cc(Nc2c(F)cccc2F)ncn1. The minimum atomic E-state index is -0.718. The molecule has 0 radical (unpaired) electrons. The lowest BCUT2D eigenvalue weighted by molar-refractivity contribution is 0.417. The van der Waals surface area contributed by atoms with Crippen LogP contribution < -0.4 is 15.4 Å². The summed E-state index contributed by atoms with van der Waals surface area (Å²) in [7, 11) is 1.53. The second-order valence-corrected chi connectivity index (χ2v) is 5.42. The number of rotatable bonds is 5. The van der Waals surface area contributed by atoms with Crippen LogP contribution in [0.15, 0.2) is 48.8 Å². The van der Waals surface area contributed by atoms with Crippen LogP contribution in [0.3, 0.4) is 0 Å². The van der Waals surface area contributed by atoms with E-state index >= 15 is 0 Å². The summed E-state index contributed by atoms with van der Waals surface area (Å²) in [5.74, 6) is -0.246. The van der Waals surface area contributed by atoms with E-state index in [0.717, 1.165) is 12.1 Å². The number of methoxy groups -OCH3 is 1. The first-order chi connectivity index (χ1) is 12.1. The Balaban J connectivity index is 1.86. The normalized spacial score (nSPS) is 10.4. The summed E-state index contributed by atoms with van der Waals surface area (Å²) < 4.78 is 32.7. The highest BCUT2D eigenvalue weighted by Crippen LogP contribution is 2.30. The first kappa shape index (κ1) is 16.9. The monoisotopic (exact) mass is 362 g/mol. The Morgan fingerprint density at radius 1 is 0.960 bits per heavy atom. The Morgan fingerprint density at radius 3 is 2.32 bits per heavy atom. The van der Waals surface area contributed by atoms with E-state index in [-0.39, 0.29) is 11.5 Å². The molecule has 0 unspecified atom stereocenters. The summed E-state index contributed by atoms with van der Waals surface area (Å²) in [4.78, 5) is 8.04. The molecule has 0 aliphatic heterocycles. The standard InChI is InChI=1S/C17H13ClF2N4O/c1-25-14-6-5-10(18)7-13(14)23-15-8-16(22-9-21-15)24-17-11(19)3-2-4-12(17)20/h2-9H,1H3,(H2,21,22,23,24). The first-order valence-corrected chi connectivity index (χ1v) is 7.58. The van der Waals surface area contributed by atoms with Crippen molar-refractivity contribution in [3.05, 3.63) is 65.4 Å². The number of para-hydroxylation sites is 1. The molecule has 0 bridgehead atoms. The van der Waals surface area contributed by atoms with E-state index in [1.54, 1.807) is 18.2 Å². The predicted octanol–water partition coefficient (Wildman–Crippen LogP) is 4.90. The third kappa shape index (κ3) is 3.95. The van der Waals surface area contributed by atoms with Crippen LogP contribution >= 0.6 is 11.6 Å². The van der Waals surface area contributed by atoms with Crippen LogP contribution in [0.1, 0.15) is 0 Å². The van der Waals surface area contributed by atoms with Crippen molar-refractivity contribution in [3.63, 3.8) is 0 Å². The molecule has 0 atom stereocenters. The molecule has 1 aromatic heterocycles. The molecular weight excluding hydrogens is 350 g/mol. The van der Waals surface area contributed by atoms with Gasteiger partial charge in [0.05, 0.1) is 12.8 Å². The highest BCUT2D eigenvalue weighted by atomic mass is 35.5. The number of ether oxygens (including phenoxy) is 1. The smallest absolute Gasteiger partial charge is 0.149 e. The number of aromatic nitrogens is 2. The molecular formula is C17H13ClF2N4O. The van der Waals surface area contributed by atoms with E-state index in [1.807, 2.05) is 0 Å². The largest absolute Gasteiger partial charge is 0.495 e. The van der Waals surface area contributed by atoms with Gasteiger partial charge < -0.3 is 15.4 Å². The fourth-order valence-corrected chi connectivity index (χ4v) is 2.33. The molecule has 0 aliphatic rings. The lowest BCUT2D eigenvalue weighted by atomic mass is 10.3. The number of halogens is 3. The lowest BCUT2D eigenvalue weighted by Gasteiger charge is -2.12. The maximum atomic E-state index is 13.7. The van der Waals surface area contributed by atoms with Gasteiger partial charge in [-0.3, -0.25) is 0 Å². The molecule has 128 valence electrons. The van der Waals surface area contributed by atoms with Crippen molar-refractivity contribution in [3.8, 4) is 5.75 Å². The predicted molar refractivity (Wildman–Crippen MR) is 93.0 cm³/mol. The van der Waals surface area contributed by atoms with Crippen molar-refractivity contribution in [2.24, 2.45) is 0 Å². The van der Waals surface area contributed by atoms with Gasteiger partial charge in [-0.25, -0.2) is 18.7 Å². The molecule has 0 saturated carbocycles. The van der Waals surface area contributed by atoms with Crippen molar-refractivity contribution in [1.29, 1.82) is 0 Å². The molecule has 5 nitrogen and oxygen atoms in total. The molecule has 2 aromatic carbocycles. The van der Waals surface area contributed by atoms with Gasteiger partial charge in [0, 0.05) is 11.1 Å². The van der Waals surface area contributed by atoms with Crippen LogP contribution in [0.5, 0.6) is 5.75 Å². The summed E-state index contributed by atoms with van der Waals surface area (Å²) in [6.07, 6.45) is 1.26. The Kier molecular flexibility index (Phi) is 4.95. The number of benzene rings is 2. The Bertz CT molecular complexity index is 887. The van der Waals surface area contributed by atoms with E-state index < -0.39 is 11.6 Å². The molecule has 3 aromatic rings. The highest BCUT2D eigenvalue weighted by Gasteiger charge is 2.10. The maximum absolute atomic E-state index is 13.7. The van der Waals surface area contributed by atoms with Gasteiger partial charge in [-0.15, -0.1) is 0 Å². The van der Waals surface area contributed by atoms with E-state index in [2.05, 4.69) is 20.6 Å². The third-order valence-corrected chi connectivity index (χ3v) is 3.54. The van der Waals surface area contributed by atoms with Crippen LogP contribution in [0.25, 0.3) is 0 Å². The van der Waals surface area contributed by atoms with Crippen molar-refractivity contribution >= 4 is 34.6 Å². The van der Waals surface area contributed by atoms with Gasteiger partial charge in [0.2, 0.25) is 0 Å². The maximum Gasteiger partial charge on any atom is 0.149 e. The first-order valence-electron chi connectivity index (χ1n) is 7.20. The zero-order valence-corrected chi connectivity index (χ0v) is 13.8. The highest BCUT2D eigenvalue weighted by molar-refractivity contribution is 6.31. The molecule has 8 heteroatoms. The number of nitrogens with zero attached hydrogens (tertiary/aromatic N) is 2. The number of hydrogen-bond acceptors (Lipinski definition) is 5. The molecule has 3 rings (SSSR count). The van der Waals surface area contributed by atoms with E-state index in [1.165, 1.54) is 25.6 Å². The van der Waals surface area contributed by atoms with Gasteiger partial charge >= 0.3 is 0 Å². The van der Waals surface area contributed by atoms with E-state index in [0.29, 0.717) is 22.3 Å². The van der Waals surface area contributed by atoms with E-state index in [4.69, 9.17) is 16.3 Å². The molecule has 0 fully saturated rings. The van der Waals surface area contributed by atoms with Crippen LogP contribution in [-0.2, 0) is 0 Å². The van der Waals surface area contributed by atoms with Crippen LogP contribution in [0, 0.1) is 11.6 Å². The molecule has 2 N–H and O–H groups in total.